The van der Waals surface area contributed by atoms with E-state index in [1.165, 1.54) is 21.7 Å². The molecule has 1 aliphatic heterocycles. The van der Waals surface area contributed by atoms with Crippen LogP contribution < -0.4 is 4.90 Å². The highest BCUT2D eigenvalue weighted by Gasteiger charge is 2.27. The average Bonchev–Trinajstić information content (AvgIpc) is 3.26. The van der Waals surface area contributed by atoms with Gasteiger partial charge in [0.25, 0.3) is 5.89 Å². The molecule has 5 heteroatoms. The molecule has 124 valence electrons. The van der Waals surface area contributed by atoms with Crippen LogP contribution in [0.2, 0.25) is 0 Å². The molecule has 4 rings (SSSR count). The molecule has 4 nitrogen and oxygen atoms in total. The van der Waals surface area contributed by atoms with Crippen LogP contribution in [0.1, 0.15) is 35.7 Å². The van der Waals surface area contributed by atoms with E-state index in [2.05, 4.69) is 66.2 Å². The molecule has 0 bridgehead atoms. The SMILES string of the molecule is CCc1sc(-c2nnc(CN3c4ccccc4CC3C)o2)cc1C. The van der Waals surface area contributed by atoms with Gasteiger partial charge in [-0.3, -0.25) is 0 Å². The van der Waals surface area contributed by atoms with Crippen molar-refractivity contribution in [1.29, 1.82) is 0 Å². The van der Waals surface area contributed by atoms with Crippen molar-refractivity contribution in [2.45, 2.75) is 46.2 Å². The van der Waals surface area contributed by atoms with E-state index in [4.69, 9.17) is 4.42 Å². The Labute approximate surface area is 146 Å². The summed E-state index contributed by atoms with van der Waals surface area (Å²) in [6.45, 7) is 7.22. The minimum Gasteiger partial charge on any atom is -0.418 e. The number of para-hydroxylation sites is 1. The van der Waals surface area contributed by atoms with E-state index in [9.17, 15) is 0 Å². The maximum absolute atomic E-state index is 5.95. The molecule has 0 fully saturated rings. The van der Waals surface area contributed by atoms with Crippen LogP contribution in [-0.4, -0.2) is 16.2 Å². The smallest absolute Gasteiger partial charge is 0.257 e. The minimum absolute atomic E-state index is 0.452. The third-order valence-electron chi connectivity index (χ3n) is 4.67. The number of nitrogens with zero attached hydrogens (tertiary/aromatic N) is 3. The fourth-order valence-electron chi connectivity index (χ4n) is 3.41. The number of benzene rings is 1. The quantitative estimate of drug-likeness (QED) is 0.695. The number of hydrogen-bond acceptors (Lipinski definition) is 5. The van der Waals surface area contributed by atoms with Gasteiger partial charge in [0.2, 0.25) is 5.89 Å². The molecule has 0 saturated carbocycles. The van der Waals surface area contributed by atoms with Crippen molar-refractivity contribution < 1.29 is 4.42 Å². The van der Waals surface area contributed by atoms with Gasteiger partial charge in [0.05, 0.1) is 11.4 Å². The molecule has 0 aliphatic carbocycles. The largest absolute Gasteiger partial charge is 0.418 e. The highest BCUT2D eigenvalue weighted by Crippen LogP contribution is 2.34. The number of anilines is 1. The highest BCUT2D eigenvalue weighted by molar-refractivity contribution is 7.15. The first-order valence-corrected chi connectivity index (χ1v) is 9.24. The summed E-state index contributed by atoms with van der Waals surface area (Å²) in [4.78, 5) is 4.80. The van der Waals surface area contributed by atoms with Gasteiger partial charge in [-0.25, -0.2) is 0 Å². The van der Waals surface area contributed by atoms with Crippen LogP contribution in [0.3, 0.4) is 0 Å². The van der Waals surface area contributed by atoms with Crippen molar-refractivity contribution in [3.05, 3.63) is 52.2 Å². The normalized spacial score (nSPS) is 16.6. The zero-order chi connectivity index (χ0) is 16.7. The monoisotopic (exact) mass is 339 g/mol. The van der Waals surface area contributed by atoms with E-state index in [1.807, 2.05) is 0 Å². The van der Waals surface area contributed by atoms with Gasteiger partial charge >= 0.3 is 0 Å². The highest BCUT2D eigenvalue weighted by atomic mass is 32.1. The molecule has 0 spiro atoms. The lowest BCUT2D eigenvalue weighted by molar-refractivity contribution is 0.489. The zero-order valence-electron chi connectivity index (χ0n) is 14.2. The maximum Gasteiger partial charge on any atom is 0.257 e. The molecule has 24 heavy (non-hydrogen) atoms. The molecular weight excluding hydrogens is 318 g/mol. The Balaban J connectivity index is 1.57. The Morgan fingerprint density at radius 3 is 2.92 bits per heavy atom. The maximum atomic E-state index is 5.95. The van der Waals surface area contributed by atoms with E-state index in [1.54, 1.807) is 11.3 Å². The fourth-order valence-corrected chi connectivity index (χ4v) is 4.44. The number of aryl methyl sites for hydroxylation is 2. The summed E-state index contributed by atoms with van der Waals surface area (Å²) in [5.41, 5.74) is 3.98. The number of rotatable bonds is 4. The molecule has 2 aromatic heterocycles. The third kappa shape index (κ3) is 2.63. The molecule has 3 aromatic rings. The minimum atomic E-state index is 0.452. The van der Waals surface area contributed by atoms with Gasteiger partial charge in [-0.2, -0.15) is 0 Å². The summed E-state index contributed by atoms with van der Waals surface area (Å²) in [6.07, 6.45) is 2.11. The summed E-state index contributed by atoms with van der Waals surface area (Å²) in [5, 5.41) is 8.54. The summed E-state index contributed by atoms with van der Waals surface area (Å²) < 4.78 is 5.95. The molecule has 3 heterocycles. The molecule has 1 atom stereocenters. The number of thiophene rings is 1. The fraction of sp³-hybridized carbons (Fsp3) is 0.368. The Bertz CT molecular complexity index is 867. The van der Waals surface area contributed by atoms with Crippen LogP contribution in [0.4, 0.5) is 5.69 Å². The lowest BCUT2D eigenvalue weighted by Crippen LogP contribution is -2.28. The second kappa shape index (κ2) is 6.06. The first-order chi connectivity index (χ1) is 11.7. The molecule has 1 unspecified atom stereocenters. The molecule has 0 saturated heterocycles. The van der Waals surface area contributed by atoms with E-state index in [0.29, 0.717) is 24.4 Å². The van der Waals surface area contributed by atoms with Gasteiger partial charge in [-0.1, -0.05) is 25.1 Å². The first-order valence-electron chi connectivity index (χ1n) is 8.42. The summed E-state index contributed by atoms with van der Waals surface area (Å²) in [6, 6.07) is 11.2. The second-order valence-corrected chi connectivity index (χ2v) is 7.52. The van der Waals surface area contributed by atoms with Gasteiger partial charge in [-0.05, 0) is 49.9 Å². The predicted octanol–water partition coefficient (Wildman–Crippen LogP) is 4.62. The Hall–Kier alpha value is -2.14. The van der Waals surface area contributed by atoms with Crippen LogP contribution >= 0.6 is 11.3 Å². The van der Waals surface area contributed by atoms with Crippen LogP contribution in [0.5, 0.6) is 0 Å². The average molecular weight is 339 g/mol. The molecule has 0 N–H and O–H groups in total. The molecule has 1 aromatic carbocycles. The Morgan fingerprint density at radius 1 is 1.29 bits per heavy atom. The molecular formula is C19H21N3OS. The Morgan fingerprint density at radius 2 is 2.12 bits per heavy atom. The van der Waals surface area contributed by atoms with Gasteiger partial charge < -0.3 is 9.32 Å². The zero-order valence-corrected chi connectivity index (χ0v) is 15.1. The van der Waals surface area contributed by atoms with E-state index >= 15 is 0 Å². The van der Waals surface area contributed by atoms with Gasteiger partial charge in [-0.15, -0.1) is 21.5 Å². The van der Waals surface area contributed by atoms with Crippen molar-refractivity contribution in [1.82, 2.24) is 10.2 Å². The van der Waals surface area contributed by atoms with Crippen LogP contribution in [0.15, 0.2) is 34.7 Å². The summed E-state index contributed by atoms with van der Waals surface area (Å²) in [7, 11) is 0. The van der Waals surface area contributed by atoms with E-state index in [0.717, 1.165) is 17.7 Å². The van der Waals surface area contributed by atoms with E-state index < -0.39 is 0 Å². The van der Waals surface area contributed by atoms with Crippen molar-refractivity contribution in [2.75, 3.05) is 4.90 Å². The number of hydrogen-bond donors (Lipinski definition) is 0. The lowest BCUT2D eigenvalue weighted by atomic mass is 10.1. The van der Waals surface area contributed by atoms with Crippen LogP contribution in [0, 0.1) is 6.92 Å². The standard InChI is InChI=1S/C19H21N3OS/c1-4-16-12(2)9-17(24-16)19-21-20-18(23-19)11-22-13(3)10-14-7-5-6-8-15(14)22/h5-9,13H,4,10-11H2,1-3H3. The van der Waals surface area contributed by atoms with Gasteiger partial charge in [0, 0.05) is 16.6 Å². The molecule has 1 aliphatic rings. The van der Waals surface area contributed by atoms with Crippen molar-refractivity contribution >= 4 is 17.0 Å². The number of fused-ring (bicyclic) bond motifs is 1. The topological polar surface area (TPSA) is 42.2 Å². The lowest BCUT2D eigenvalue weighted by Gasteiger charge is -2.22. The van der Waals surface area contributed by atoms with Crippen molar-refractivity contribution in [3.63, 3.8) is 0 Å². The first kappa shape index (κ1) is 15.4. The van der Waals surface area contributed by atoms with E-state index in [-0.39, 0.29) is 0 Å². The Kier molecular flexibility index (Phi) is 3.88. The van der Waals surface area contributed by atoms with Crippen LogP contribution in [0.25, 0.3) is 10.8 Å². The van der Waals surface area contributed by atoms with Crippen molar-refractivity contribution in [3.8, 4) is 10.8 Å². The third-order valence-corrected chi connectivity index (χ3v) is 6.04. The van der Waals surface area contributed by atoms with Crippen molar-refractivity contribution in [2.24, 2.45) is 0 Å². The summed E-state index contributed by atoms with van der Waals surface area (Å²) >= 11 is 1.75. The van der Waals surface area contributed by atoms with Crippen LogP contribution in [-0.2, 0) is 19.4 Å². The van der Waals surface area contributed by atoms with Gasteiger partial charge in [0.15, 0.2) is 0 Å². The van der Waals surface area contributed by atoms with Gasteiger partial charge in [0.1, 0.15) is 0 Å². The molecule has 0 radical (unpaired) electrons. The predicted molar refractivity (Wildman–Crippen MR) is 97.5 cm³/mol. The number of aromatic nitrogens is 2. The molecule has 0 amide bonds. The summed E-state index contributed by atoms with van der Waals surface area (Å²) in [5.74, 6) is 1.32. The second-order valence-electron chi connectivity index (χ2n) is 6.38.